The van der Waals surface area contributed by atoms with E-state index < -0.39 is 0 Å². The highest BCUT2D eigenvalue weighted by molar-refractivity contribution is 5.96. The molecule has 0 unspecified atom stereocenters. The molecular formula is C15H19NO2. The highest BCUT2D eigenvalue weighted by Crippen LogP contribution is 2.42. The zero-order valence-electron chi connectivity index (χ0n) is 10.8. The van der Waals surface area contributed by atoms with Gasteiger partial charge in [0.25, 0.3) is 5.91 Å². The third-order valence-corrected chi connectivity index (χ3v) is 3.75. The molecule has 1 aliphatic heterocycles. The van der Waals surface area contributed by atoms with Gasteiger partial charge in [-0.3, -0.25) is 4.79 Å². The molecule has 1 saturated heterocycles. The van der Waals surface area contributed by atoms with Crippen LogP contribution in [-0.4, -0.2) is 37.1 Å². The van der Waals surface area contributed by atoms with Crippen molar-refractivity contribution < 1.29 is 9.53 Å². The van der Waals surface area contributed by atoms with Crippen molar-refractivity contribution in [3.8, 4) is 0 Å². The molecule has 2 aliphatic rings. The van der Waals surface area contributed by atoms with E-state index in [4.69, 9.17) is 4.74 Å². The minimum absolute atomic E-state index is 0.181. The van der Waals surface area contributed by atoms with Gasteiger partial charge in [-0.15, -0.1) is 0 Å². The van der Waals surface area contributed by atoms with E-state index in [1.165, 1.54) is 24.0 Å². The standard InChI is InChI=1S/C15H19NO2/c1-11-2-5-13(14(10-11)12-3-4-12)15(17)16-6-8-18-9-7-16/h2,5,10,12H,3-4,6-9H2,1H3. The summed E-state index contributed by atoms with van der Waals surface area (Å²) in [5.74, 6) is 0.796. The quantitative estimate of drug-likeness (QED) is 0.800. The first-order valence-corrected chi connectivity index (χ1v) is 6.73. The molecule has 0 bridgehead atoms. The Morgan fingerprint density at radius 2 is 2.00 bits per heavy atom. The van der Waals surface area contributed by atoms with E-state index in [0.717, 1.165) is 18.7 Å². The molecule has 2 fully saturated rings. The lowest BCUT2D eigenvalue weighted by Gasteiger charge is -2.27. The number of aryl methyl sites for hydroxylation is 1. The summed E-state index contributed by atoms with van der Waals surface area (Å²) in [6.07, 6.45) is 2.46. The van der Waals surface area contributed by atoms with Gasteiger partial charge in [-0.05, 0) is 37.3 Å². The molecule has 96 valence electrons. The maximum absolute atomic E-state index is 12.5. The van der Waals surface area contributed by atoms with Gasteiger partial charge in [0.15, 0.2) is 0 Å². The number of benzene rings is 1. The van der Waals surface area contributed by atoms with Crippen LogP contribution in [0.25, 0.3) is 0 Å². The summed E-state index contributed by atoms with van der Waals surface area (Å²) in [5, 5.41) is 0. The predicted molar refractivity (Wildman–Crippen MR) is 69.9 cm³/mol. The highest BCUT2D eigenvalue weighted by Gasteiger charge is 2.29. The topological polar surface area (TPSA) is 29.5 Å². The van der Waals surface area contributed by atoms with Crippen LogP contribution in [0.2, 0.25) is 0 Å². The van der Waals surface area contributed by atoms with Crippen molar-refractivity contribution in [2.45, 2.75) is 25.7 Å². The molecule has 1 aromatic carbocycles. The van der Waals surface area contributed by atoms with Crippen LogP contribution in [0.4, 0.5) is 0 Å². The van der Waals surface area contributed by atoms with Gasteiger partial charge in [-0.2, -0.15) is 0 Å². The van der Waals surface area contributed by atoms with Crippen LogP contribution in [0.3, 0.4) is 0 Å². The largest absolute Gasteiger partial charge is 0.378 e. The summed E-state index contributed by atoms with van der Waals surface area (Å²) in [4.78, 5) is 14.5. The Hall–Kier alpha value is -1.35. The van der Waals surface area contributed by atoms with Crippen LogP contribution in [-0.2, 0) is 4.74 Å². The van der Waals surface area contributed by atoms with E-state index in [2.05, 4.69) is 13.0 Å². The first kappa shape index (κ1) is 11.7. The maximum Gasteiger partial charge on any atom is 0.254 e. The zero-order valence-corrected chi connectivity index (χ0v) is 10.8. The third-order valence-electron chi connectivity index (χ3n) is 3.75. The minimum atomic E-state index is 0.181. The van der Waals surface area contributed by atoms with Crippen LogP contribution in [0.5, 0.6) is 0 Å². The molecule has 18 heavy (non-hydrogen) atoms. The Kier molecular flexibility index (Phi) is 3.08. The third kappa shape index (κ3) is 2.27. The number of carbonyl (C=O) groups is 1. The van der Waals surface area contributed by atoms with Crippen LogP contribution < -0.4 is 0 Å². The Bertz CT molecular complexity index is 460. The fourth-order valence-corrected chi connectivity index (χ4v) is 2.55. The highest BCUT2D eigenvalue weighted by atomic mass is 16.5. The van der Waals surface area contributed by atoms with Crippen molar-refractivity contribution in [1.82, 2.24) is 4.90 Å². The smallest absolute Gasteiger partial charge is 0.254 e. The number of hydrogen-bond donors (Lipinski definition) is 0. The van der Waals surface area contributed by atoms with Gasteiger partial charge in [0.1, 0.15) is 0 Å². The molecule has 0 N–H and O–H groups in total. The second-order valence-corrected chi connectivity index (χ2v) is 5.27. The molecule has 1 saturated carbocycles. The second-order valence-electron chi connectivity index (χ2n) is 5.27. The SMILES string of the molecule is Cc1ccc(C(=O)N2CCOCC2)c(C2CC2)c1. The van der Waals surface area contributed by atoms with Gasteiger partial charge in [0, 0.05) is 18.7 Å². The predicted octanol–water partition coefficient (Wildman–Crippen LogP) is 2.34. The van der Waals surface area contributed by atoms with E-state index in [9.17, 15) is 4.79 Å². The first-order valence-electron chi connectivity index (χ1n) is 6.73. The number of amides is 1. The number of nitrogens with zero attached hydrogens (tertiary/aromatic N) is 1. The Labute approximate surface area is 108 Å². The molecule has 3 rings (SSSR count). The average Bonchev–Trinajstić information content (AvgIpc) is 3.23. The van der Waals surface area contributed by atoms with Crippen molar-refractivity contribution in [3.05, 3.63) is 34.9 Å². The molecule has 1 aromatic rings. The fraction of sp³-hybridized carbons (Fsp3) is 0.533. The van der Waals surface area contributed by atoms with Gasteiger partial charge >= 0.3 is 0 Å². The maximum atomic E-state index is 12.5. The van der Waals surface area contributed by atoms with Gasteiger partial charge < -0.3 is 9.64 Å². The zero-order chi connectivity index (χ0) is 12.5. The van der Waals surface area contributed by atoms with Crippen molar-refractivity contribution in [1.29, 1.82) is 0 Å². The molecule has 1 heterocycles. The Balaban J connectivity index is 1.88. The Morgan fingerprint density at radius 3 is 2.67 bits per heavy atom. The average molecular weight is 245 g/mol. The summed E-state index contributed by atoms with van der Waals surface area (Å²) < 4.78 is 5.30. The van der Waals surface area contributed by atoms with Gasteiger partial charge in [0.2, 0.25) is 0 Å². The van der Waals surface area contributed by atoms with Crippen LogP contribution in [0.15, 0.2) is 18.2 Å². The van der Waals surface area contributed by atoms with Crippen LogP contribution in [0.1, 0.15) is 40.2 Å². The van der Waals surface area contributed by atoms with Gasteiger partial charge in [-0.1, -0.05) is 17.7 Å². The molecule has 0 spiro atoms. The molecule has 0 aromatic heterocycles. The summed E-state index contributed by atoms with van der Waals surface area (Å²) >= 11 is 0. The lowest BCUT2D eigenvalue weighted by atomic mass is 9.99. The number of morpholine rings is 1. The molecule has 3 nitrogen and oxygen atoms in total. The van der Waals surface area contributed by atoms with Crippen molar-refractivity contribution in [2.24, 2.45) is 0 Å². The lowest BCUT2D eigenvalue weighted by molar-refractivity contribution is 0.0302. The lowest BCUT2D eigenvalue weighted by Crippen LogP contribution is -2.41. The van der Waals surface area contributed by atoms with Crippen molar-refractivity contribution in [2.75, 3.05) is 26.3 Å². The summed E-state index contributed by atoms with van der Waals surface area (Å²) in [6, 6.07) is 6.23. The number of hydrogen-bond acceptors (Lipinski definition) is 2. The Morgan fingerprint density at radius 1 is 1.28 bits per heavy atom. The molecule has 0 radical (unpaired) electrons. The molecule has 3 heteroatoms. The summed E-state index contributed by atoms with van der Waals surface area (Å²) in [6.45, 7) is 4.86. The second kappa shape index (κ2) is 4.73. The molecule has 1 aliphatic carbocycles. The first-order chi connectivity index (χ1) is 8.75. The van der Waals surface area contributed by atoms with E-state index in [-0.39, 0.29) is 5.91 Å². The monoisotopic (exact) mass is 245 g/mol. The van der Waals surface area contributed by atoms with E-state index in [0.29, 0.717) is 19.1 Å². The van der Waals surface area contributed by atoms with Crippen molar-refractivity contribution in [3.63, 3.8) is 0 Å². The van der Waals surface area contributed by atoms with Gasteiger partial charge in [0.05, 0.1) is 13.2 Å². The number of rotatable bonds is 2. The van der Waals surface area contributed by atoms with E-state index in [1.54, 1.807) is 0 Å². The van der Waals surface area contributed by atoms with Crippen LogP contribution >= 0.6 is 0 Å². The van der Waals surface area contributed by atoms with E-state index in [1.807, 2.05) is 17.0 Å². The summed E-state index contributed by atoms with van der Waals surface area (Å²) in [7, 11) is 0. The fourth-order valence-electron chi connectivity index (χ4n) is 2.55. The van der Waals surface area contributed by atoms with Crippen LogP contribution in [0, 0.1) is 6.92 Å². The number of ether oxygens (including phenoxy) is 1. The van der Waals surface area contributed by atoms with Crippen molar-refractivity contribution >= 4 is 5.91 Å². The number of carbonyl (C=O) groups excluding carboxylic acids is 1. The normalized spacial score (nSPS) is 19.9. The molecule has 0 atom stereocenters. The van der Waals surface area contributed by atoms with E-state index >= 15 is 0 Å². The summed E-state index contributed by atoms with van der Waals surface area (Å²) in [5.41, 5.74) is 3.41. The molecular weight excluding hydrogens is 226 g/mol. The minimum Gasteiger partial charge on any atom is -0.378 e. The van der Waals surface area contributed by atoms with Gasteiger partial charge in [-0.25, -0.2) is 0 Å². The molecule has 1 amide bonds.